The Morgan fingerprint density at radius 3 is 2.41 bits per heavy atom. The number of rotatable bonds is 3. The van der Waals surface area contributed by atoms with Gasteiger partial charge >= 0.3 is 0 Å². The van der Waals surface area contributed by atoms with Crippen molar-refractivity contribution in [2.24, 2.45) is 0 Å². The maximum atomic E-state index is 13.8. The predicted octanol–water partition coefficient (Wildman–Crippen LogP) is 3.38. The minimum Gasteiger partial charge on any atom is -0.345 e. The average Bonchev–Trinajstić information content (AvgIpc) is 2.49. The van der Waals surface area contributed by atoms with Crippen LogP contribution in [0.1, 0.15) is 25.7 Å². The molecule has 0 atom stereocenters. The summed E-state index contributed by atoms with van der Waals surface area (Å²) in [6, 6.07) is 4.05. The number of likely N-dealkylation sites (N-methyl/N-ethyl adjacent to an activating group) is 1. The number of benzene rings is 1. The van der Waals surface area contributed by atoms with Crippen molar-refractivity contribution in [3.05, 3.63) is 40.2 Å². The number of hydrogen-bond acceptors (Lipinski definition) is 2. The summed E-state index contributed by atoms with van der Waals surface area (Å²) in [5, 5.41) is 2.79. The zero-order valence-electron chi connectivity index (χ0n) is 12.6. The Hall–Kier alpha value is -1.88. The third-order valence-electron chi connectivity index (χ3n) is 3.59. The normalized spacial score (nSPS) is 14.7. The highest BCUT2D eigenvalue weighted by molar-refractivity contribution is 6.30. The van der Waals surface area contributed by atoms with Crippen LogP contribution in [0.4, 0.5) is 10.1 Å². The molecule has 22 heavy (non-hydrogen) atoms. The fourth-order valence-corrected chi connectivity index (χ4v) is 2.61. The maximum absolute atomic E-state index is 13.8. The van der Waals surface area contributed by atoms with Crippen molar-refractivity contribution in [2.75, 3.05) is 19.4 Å². The second kappa shape index (κ2) is 6.92. The molecule has 1 N–H and O–H groups in total. The number of nitrogens with one attached hydrogen (secondary N) is 1. The van der Waals surface area contributed by atoms with Crippen LogP contribution in [-0.4, -0.2) is 30.8 Å². The van der Waals surface area contributed by atoms with Crippen LogP contribution in [0.25, 0.3) is 0 Å². The molecule has 1 aliphatic carbocycles. The molecule has 118 valence electrons. The van der Waals surface area contributed by atoms with Gasteiger partial charge in [-0.1, -0.05) is 11.6 Å². The molecular formula is C16H18ClFN2O2. The largest absolute Gasteiger partial charge is 0.345 e. The van der Waals surface area contributed by atoms with Crippen molar-refractivity contribution in [1.29, 1.82) is 0 Å². The van der Waals surface area contributed by atoms with Crippen LogP contribution < -0.4 is 5.32 Å². The van der Waals surface area contributed by atoms with E-state index in [0.29, 0.717) is 24.0 Å². The van der Waals surface area contributed by atoms with Crippen LogP contribution in [0.2, 0.25) is 5.02 Å². The van der Waals surface area contributed by atoms with E-state index in [9.17, 15) is 14.0 Å². The molecule has 6 heteroatoms. The van der Waals surface area contributed by atoms with Gasteiger partial charge in [0.2, 0.25) is 5.91 Å². The summed E-state index contributed by atoms with van der Waals surface area (Å²) in [5.74, 6) is -1.19. The topological polar surface area (TPSA) is 49.4 Å². The second-order valence-corrected chi connectivity index (χ2v) is 5.88. The van der Waals surface area contributed by atoms with Gasteiger partial charge in [0.15, 0.2) is 0 Å². The van der Waals surface area contributed by atoms with Crippen LogP contribution >= 0.6 is 11.6 Å². The minimum absolute atomic E-state index is 0.0594. The molecule has 1 aromatic rings. The summed E-state index contributed by atoms with van der Waals surface area (Å²) in [6.45, 7) is 0. The summed E-state index contributed by atoms with van der Waals surface area (Å²) in [6.07, 6.45) is 2.82. The highest BCUT2D eigenvalue weighted by Crippen LogP contribution is 2.28. The van der Waals surface area contributed by atoms with Crippen molar-refractivity contribution in [1.82, 2.24) is 4.90 Å². The third kappa shape index (κ3) is 3.65. The Morgan fingerprint density at radius 2 is 1.82 bits per heavy atom. The highest BCUT2D eigenvalue weighted by Gasteiger charge is 2.25. The third-order valence-corrected chi connectivity index (χ3v) is 3.82. The van der Waals surface area contributed by atoms with Gasteiger partial charge in [-0.2, -0.15) is 0 Å². The first kappa shape index (κ1) is 16.5. The summed E-state index contributed by atoms with van der Waals surface area (Å²) >= 11 is 5.69. The molecule has 0 fully saturated rings. The SMILES string of the molecule is CN(C)C(=O)C1=C(C(=O)Nc2ccc(Cl)cc2F)CCCC1. The molecule has 0 saturated carbocycles. The van der Waals surface area contributed by atoms with Gasteiger partial charge in [0.05, 0.1) is 5.69 Å². The van der Waals surface area contributed by atoms with Gasteiger partial charge in [-0.3, -0.25) is 9.59 Å². The van der Waals surface area contributed by atoms with Crippen LogP contribution in [0.15, 0.2) is 29.3 Å². The van der Waals surface area contributed by atoms with Crippen molar-refractivity contribution in [3.8, 4) is 0 Å². The molecule has 0 radical (unpaired) electrons. The van der Waals surface area contributed by atoms with Crippen molar-refractivity contribution in [2.45, 2.75) is 25.7 Å². The van der Waals surface area contributed by atoms with Crippen molar-refractivity contribution in [3.63, 3.8) is 0 Å². The number of nitrogens with zero attached hydrogens (tertiary/aromatic N) is 1. The second-order valence-electron chi connectivity index (χ2n) is 5.44. The average molecular weight is 325 g/mol. The Kier molecular flexibility index (Phi) is 5.19. The molecule has 0 aromatic heterocycles. The highest BCUT2D eigenvalue weighted by atomic mass is 35.5. The smallest absolute Gasteiger partial charge is 0.252 e. The lowest BCUT2D eigenvalue weighted by Gasteiger charge is -2.22. The van der Waals surface area contributed by atoms with Crippen molar-refractivity contribution < 1.29 is 14.0 Å². The number of carbonyl (C=O) groups is 2. The lowest BCUT2D eigenvalue weighted by atomic mass is 9.90. The van der Waals surface area contributed by atoms with Crippen LogP contribution in [-0.2, 0) is 9.59 Å². The van der Waals surface area contributed by atoms with Gasteiger partial charge in [-0.15, -0.1) is 0 Å². The van der Waals surface area contributed by atoms with Gasteiger partial charge in [0.25, 0.3) is 5.91 Å². The van der Waals surface area contributed by atoms with Gasteiger partial charge in [-0.05, 0) is 43.9 Å². The Bertz CT molecular complexity index is 641. The number of carbonyl (C=O) groups excluding carboxylic acids is 2. The number of halogens is 2. The zero-order valence-corrected chi connectivity index (χ0v) is 13.3. The van der Waals surface area contributed by atoms with E-state index in [2.05, 4.69) is 5.32 Å². The minimum atomic E-state index is -0.599. The standard InChI is InChI=1S/C16H18ClFN2O2/c1-20(2)16(22)12-6-4-3-5-11(12)15(21)19-14-8-7-10(17)9-13(14)18/h7-9H,3-6H2,1-2H3,(H,19,21). The van der Waals surface area contributed by atoms with Gasteiger partial charge < -0.3 is 10.2 Å². The van der Waals surface area contributed by atoms with Crippen molar-refractivity contribution >= 4 is 29.1 Å². The molecule has 0 bridgehead atoms. The first-order chi connectivity index (χ1) is 10.4. The van der Waals surface area contributed by atoms with E-state index < -0.39 is 11.7 Å². The molecule has 2 amide bonds. The maximum Gasteiger partial charge on any atom is 0.252 e. The van der Waals surface area contributed by atoms with E-state index in [0.717, 1.165) is 18.9 Å². The summed E-state index contributed by atoms with van der Waals surface area (Å²) in [5.41, 5.74) is 1.02. The monoisotopic (exact) mass is 324 g/mol. The number of hydrogen-bond donors (Lipinski definition) is 1. The van der Waals surface area contributed by atoms with Crippen LogP contribution in [0.3, 0.4) is 0 Å². The molecule has 0 unspecified atom stereocenters. The van der Waals surface area contributed by atoms with Gasteiger partial charge in [-0.25, -0.2) is 4.39 Å². The molecular weight excluding hydrogens is 307 g/mol. The Morgan fingerprint density at radius 1 is 1.18 bits per heavy atom. The molecule has 0 aliphatic heterocycles. The lowest BCUT2D eigenvalue weighted by molar-refractivity contribution is -0.125. The Balaban J connectivity index is 2.27. The lowest BCUT2D eigenvalue weighted by Crippen LogP contribution is -2.29. The van der Waals surface area contributed by atoms with Gasteiger partial charge in [0, 0.05) is 30.3 Å². The Labute approximate surface area is 133 Å². The molecule has 1 aromatic carbocycles. The first-order valence-corrected chi connectivity index (χ1v) is 7.48. The van der Waals surface area contributed by atoms with Crippen LogP contribution in [0, 0.1) is 5.82 Å². The van der Waals surface area contributed by atoms with E-state index in [1.807, 2.05) is 0 Å². The fraction of sp³-hybridized carbons (Fsp3) is 0.375. The van der Waals surface area contributed by atoms with E-state index in [4.69, 9.17) is 11.6 Å². The van der Waals surface area contributed by atoms with E-state index in [1.165, 1.54) is 17.0 Å². The molecule has 0 spiro atoms. The van der Waals surface area contributed by atoms with Gasteiger partial charge in [0.1, 0.15) is 5.82 Å². The fourth-order valence-electron chi connectivity index (χ4n) is 2.45. The molecule has 1 aliphatic rings. The number of anilines is 1. The molecule has 2 rings (SSSR count). The molecule has 4 nitrogen and oxygen atoms in total. The summed E-state index contributed by atoms with van der Waals surface area (Å²) in [7, 11) is 3.30. The van der Waals surface area contributed by atoms with Crippen LogP contribution in [0.5, 0.6) is 0 Å². The number of amides is 2. The summed E-state index contributed by atoms with van der Waals surface area (Å²) in [4.78, 5) is 26.0. The molecule has 0 heterocycles. The quantitative estimate of drug-likeness (QED) is 0.926. The van der Waals surface area contributed by atoms with E-state index in [1.54, 1.807) is 14.1 Å². The first-order valence-electron chi connectivity index (χ1n) is 7.10. The zero-order chi connectivity index (χ0) is 16.3. The molecule has 0 saturated heterocycles. The predicted molar refractivity (Wildman–Crippen MR) is 84.2 cm³/mol. The summed E-state index contributed by atoms with van der Waals surface area (Å²) < 4.78 is 13.8. The van der Waals surface area contributed by atoms with E-state index in [-0.39, 0.29) is 16.6 Å². The van der Waals surface area contributed by atoms with E-state index >= 15 is 0 Å².